The first kappa shape index (κ1) is 10.3. The fraction of sp³-hybridized carbons (Fsp3) is 0.200. The Morgan fingerprint density at radius 2 is 2.12 bits per heavy atom. The lowest BCUT2D eigenvalue weighted by atomic mass is 10.2. The maximum absolute atomic E-state index is 10.4. The van der Waals surface area contributed by atoms with Crippen molar-refractivity contribution in [2.24, 2.45) is 10.8 Å². The van der Waals surface area contributed by atoms with E-state index in [-0.39, 0.29) is 0 Å². The number of amides is 2. The summed E-state index contributed by atoms with van der Waals surface area (Å²) in [6, 6.07) is 4.68. The van der Waals surface area contributed by atoms with Crippen molar-refractivity contribution >= 4 is 12.2 Å². The summed E-state index contributed by atoms with van der Waals surface area (Å²) in [5.41, 5.74) is 7.76. The quantitative estimate of drug-likeness (QED) is 0.562. The van der Waals surface area contributed by atoms with Gasteiger partial charge in [0.05, 0.1) is 6.21 Å². The highest BCUT2D eigenvalue weighted by atomic mass is 16.6. The number of rotatable bonds is 2. The molecule has 1 aliphatic heterocycles. The summed E-state index contributed by atoms with van der Waals surface area (Å²) in [7, 11) is 0. The summed E-state index contributed by atoms with van der Waals surface area (Å²) in [4.78, 5) is 10.4. The van der Waals surface area contributed by atoms with Gasteiger partial charge in [0.15, 0.2) is 11.5 Å². The molecular weight excluding hydrogens is 210 g/mol. The van der Waals surface area contributed by atoms with Crippen LogP contribution in [0.5, 0.6) is 11.5 Å². The number of nitrogens with two attached hydrogens (primary N) is 1. The Balaban J connectivity index is 2.11. The van der Waals surface area contributed by atoms with Gasteiger partial charge in [-0.15, -0.1) is 0 Å². The van der Waals surface area contributed by atoms with Gasteiger partial charge in [-0.2, -0.15) is 5.10 Å². The zero-order valence-corrected chi connectivity index (χ0v) is 8.47. The molecule has 0 spiro atoms. The molecule has 0 aliphatic carbocycles. The van der Waals surface area contributed by atoms with Crippen LogP contribution in [0.3, 0.4) is 0 Å². The maximum Gasteiger partial charge on any atom is 0.332 e. The molecule has 1 heterocycles. The number of urea groups is 1. The molecule has 0 aromatic heterocycles. The number of primary amides is 1. The van der Waals surface area contributed by atoms with E-state index in [0.29, 0.717) is 24.7 Å². The van der Waals surface area contributed by atoms with Crippen molar-refractivity contribution in [3.05, 3.63) is 23.8 Å². The minimum atomic E-state index is -0.700. The Labute approximate surface area is 92.0 Å². The van der Waals surface area contributed by atoms with E-state index in [1.165, 1.54) is 6.21 Å². The molecule has 2 amide bonds. The molecule has 6 heteroatoms. The number of fused-ring (bicyclic) bond motifs is 1. The second-order valence-electron chi connectivity index (χ2n) is 3.14. The molecule has 2 rings (SSSR count). The monoisotopic (exact) mass is 221 g/mol. The number of hydrazone groups is 1. The molecule has 1 aromatic carbocycles. The molecule has 0 bridgehead atoms. The topological polar surface area (TPSA) is 85.9 Å². The van der Waals surface area contributed by atoms with Crippen LogP contribution in [0, 0.1) is 0 Å². The fourth-order valence-corrected chi connectivity index (χ4v) is 1.31. The van der Waals surface area contributed by atoms with Crippen molar-refractivity contribution in [1.82, 2.24) is 5.43 Å². The molecule has 0 saturated carbocycles. The molecule has 0 radical (unpaired) electrons. The van der Waals surface area contributed by atoms with Crippen LogP contribution in [0.25, 0.3) is 0 Å². The third kappa shape index (κ3) is 2.41. The average Bonchev–Trinajstić information content (AvgIpc) is 2.28. The molecule has 3 N–H and O–H groups in total. The van der Waals surface area contributed by atoms with Crippen molar-refractivity contribution in [2.75, 3.05) is 13.2 Å². The molecule has 1 aliphatic rings. The lowest BCUT2D eigenvalue weighted by Gasteiger charge is -2.18. The Bertz CT molecular complexity index is 431. The SMILES string of the molecule is NC(=O)N/N=C/c1ccc2c(c1)OCCO2. The summed E-state index contributed by atoms with van der Waals surface area (Å²) in [6.07, 6.45) is 1.48. The van der Waals surface area contributed by atoms with E-state index in [2.05, 4.69) is 10.5 Å². The number of carbonyl (C=O) groups excluding carboxylic acids is 1. The van der Waals surface area contributed by atoms with Crippen LogP contribution in [0.1, 0.15) is 5.56 Å². The maximum atomic E-state index is 10.4. The van der Waals surface area contributed by atoms with Crippen molar-refractivity contribution in [3.63, 3.8) is 0 Å². The highest BCUT2D eigenvalue weighted by molar-refractivity contribution is 5.82. The second kappa shape index (κ2) is 4.52. The number of hydrogen-bond donors (Lipinski definition) is 2. The molecule has 0 unspecified atom stereocenters. The average molecular weight is 221 g/mol. The van der Waals surface area contributed by atoms with E-state index in [0.717, 1.165) is 5.56 Å². The lowest BCUT2D eigenvalue weighted by Crippen LogP contribution is -2.24. The van der Waals surface area contributed by atoms with Gasteiger partial charge in [-0.3, -0.25) is 0 Å². The van der Waals surface area contributed by atoms with Gasteiger partial charge in [-0.25, -0.2) is 10.2 Å². The van der Waals surface area contributed by atoms with Gasteiger partial charge in [0.25, 0.3) is 0 Å². The Kier molecular flexibility index (Phi) is 2.90. The van der Waals surface area contributed by atoms with Crippen LogP contribution in [0.4, 0.5) is 4.79 Å². The van der Waals surface area contributed by atoms with E-state index in [9.17, 15) is 4.79 Å². The van der Waals surface area contributed by atoms with Crippen LogP contribution in [-0.4, -0.2) is 25.5 Å². The summed E-state index contributed by atoms with van der Waals surface area (Å²) >= 11 is 0. The number of benzene rings is 1. The van der Waals surface area contributed by atoms with Gasteiger partial charge in [-0.1, -0.05) is 0 Å². The highest BCUT2D eigenvalue weighted by Gasteiger charge is 2.10. The Morgan fingerprint density at radius 3 is 2.88 bits per heavy atom. The predicted molar refractivity (Wildman–Crippen MR) is 57.7 cm³/mol. The lowest BCUT2D eigenvalue weighted by molar-refractivity contribution is 0.171. The normalized spacial score (nSPS) is 13.8. The van der Waals surface area contributed by atoms with E-state index in [1.54, 1.807) is 18.2 Å². The van der Waals surface area contributed by atoms with Crippen LogP contribution in [0.2, 0.25) is 0 Å². The molecule has 16 heavy (non-hydrogen) atoms. The minimum Gasteiger partial charge on any atom is -0.486 e. The van der Waals surface area contributed by atoms with Gasteiger partial charge >= 0.3 is 6.03 Å². The van der Waals surface area contributed by atoms with Crippen molar-refractivity contribution in [3.8, 4) is 11.5 Å². The summed E-state index contributed by atoms with van der Waals surface area (Å²) in [5.74, 6) is 1.39. The van der Waals surface area contributed by atoms with Gasteiger partial charge in [0.2, 0.25) is 0 Å². The van der Waals surface area contributed by atoms with Crippen molar-refractivity contribution in [1.29, 1.82) is 0 Å². The Hall–Kier alpha value is -2.24. The standard InChI is InChI=1S/C10H11N3O3/c11-10(14)13-12-6-7-1-2-8-9(5-7)16-4-3-15-8/h1-2,5-6H,3-4H2,(H3,11,13,14)/b12-6+. The number of hydrogen-bond acceptors (Lipinski definition) is 4. The zero-order valence-electron chi connectivity index (χ0n) is 8.47. The largest absolute Gasteiger partial charge is 0.486 e. The van der Waals surface area contributed by atoms with E-state index in [4.69, 9.17) is 15.2 Å². The Morgan fingerprint density at radius 1 is 1.38 bits per heavy atom. The number of nitrogens with one attached hydrogen (secondary N) is 1. The van der Waals surface area contributed by atoms with E-state index in [1.807, 2.05) is 0 Å². The predicted octanol–water partition coefficient (Wildman–Crippen LogP) is 0.460. The number of ether oxygens (including phenoxy) is 2. The van der Waals surface area contributed by atoms with E-state index < -0.39 is 6.03 Å². The fourth-order valence-electron chi connectivity index (χ4n) is 1.31. The van der Waals surface area contributed by atoms with Crippen molar-refractivity contribution < 1.29 is 14.3 Å². The van der Waals surface area contributed by atoms with Crippen LogP contribution < -0.4 is 20.6 Å². The van der Waals surface area contributed by atoms with Gasteiger partial charge in [-0.05, 0) is 23.8 Å². The molecular formula is C10H11N3O3. The van der Waals surface area contributed by atoms with Gasteiger partial charge in [0, 0.05) is 0 Å². The summed E-state index contributed by atoms with van der Waals surface area (Å²) < 4.78 is 10.8. The van der Waals surface area contributed by atoms with Gasteiger partial charge < -0.3 is 15.2 Å². The van der Waals surface area contributed by atoms with E-state index >= 15 is 0 Å². The smallest absolute Gasteiger partial charge is 0.332 e. The molecule has 0 saturated heterocycles. The number of carbonyl (C=O) groups is 1. The summed E-state index contributed by atoms with van der Waals surface area (Å²) in [6.45, 7) is 1.09. The first-order chi connectivity index (χ1) is 7.75. The minimum absolute atomic E-state index is 0.535. The van der Waals surface area contributed by atoms with Crippen LogP contribution in [-0.2, 0) is 0 Å². The molecule has 0 atom stereocenters. The van der Waals surface area contributed by atoms with Gasteiger partial charge in [0.1, 0.15) is 13.2 Å². The zero-order chi connectivity index (χ0) is 11.4. The second-order valence-corrected chi connectivity index (χ2v) is 3.14. The van der Waals surface area contributed by atoms with Crippen LogP contribution >= 0.6 is 0 Å². The molecule has 0 fully saturated rings. The first-order valence-corrected chi connectivity index (χ1v) is 4.74. The highest BCUT2D eigenvalue weighted by Crippen LogP contribution is 2.30. The molecule has 1 aromatic rings. The molecule has 6 nitrogen and oxygen atoms in total. The molecule has 84 valence electrons. The first-order valence-electron chi connectivity index (χ1n) is 4.74. The summed E-state index contributed by atoms with van der Waals surface area (Å²) in [5, 5.41) is 3.64. The van der Waals surface area contributed by atoms with Crippen LogP contribution in [0.15, 0.2) is 23.3 Å². The van der Waals surface area contributed by atoms with Crippen molar-refractivity contribution in [2.45, 2.75) is 0 Å². The third-order valence-electron chi connectivity index (χ3n) is 1.95. The third-order valence-corrected chi connectivity index (χ3v) is 1.95. The number of nitrogens with zero attached hydrogens (tertiary/aromatic N) is 1.